The highest BCUT2D eigenvalue weighted by Gasteiger charge is 2.36. The number of nitrogens with one attached hydrogen (secondary N) is 2. The van der Waals surface area contributed by atoms with Crippen molar-refractivity contribution >= 4 is 17.5 Å². The number of pyridine rings is 1. The molecule has 1 aliphatic carbocycles. The molecule has 1 heterocycles. The number of carbonyl (C=O) groups excluding carboxylic acids is 2. The third kappa shape index (κ3) is 4.22. The van der Waals surface area contributed by atoms with Gasteiger partial charge >= 0.3 is 0 Å². The summed E-state index contributed by atoms with van der Waals surface area (Å²) in [5, 5.41) is 5.72. The Morgan fingerprint density at radius 3 is 2.48 bits per heavy atom. The van der Waals surface area contributed by atoms with E-state index >= 15 is 0 Å². The second kappa shape index (κ2) is 7.44. The quantitative estimate of drug-likeness (QED) is 0.779. The second-order valence-electron chi connectivity index (χ2n) is 6.44. The van der Waals surface area contributed by atoms with Crippen LogP contribution in [0.15, 0.2) is 48.8 Å². The molecule has 3 rings (SSSR count). The fourth-order valence-electron chi connectivity index (χ4n) is 3.00. The molecule has 0 saturated heterocycles. The van der Waals surface area contributed by atoms with Crippen molar-refractivity contribution in [1.29, 1.82) is 0 Å². The van der Waals surface area contributed by atoms with Crippen molar-refractivity contribution in [2.24, 2.45) is 5.73 Å². The highest BCUT2D eigenvalue weighted by atomic mass is 16.2. The molecule has 25 heavy (non-hydrogen) atoms. The van der Waals surface area contributed by atoms with Crippen LogP contribution in [-0.2, 0) is 11.3 Å². The lowest BCUT2D eigenvalue weighted by Gasteiger charge is -2.22. The zero-order valence-electron chi connectivity index (χ0n) is 14.0. The Hall–Kier alpha value is -2.73. The van der Waals surface area contributed by atoms with Crippen molar-refractivity contribution in [3.8, 4) is 0 Å². The molecular formula is C19H22N4O2. The second-order valence-corrected chi connectivity index (χ2v) is 6.44. The monoisotopic (exact) mass is 338 g/mol. The largest absolute Gasteiger partial charge is 0.350 e. The number of anilines is 1. The molecule has 130 valence electrons. The van der Waals surface area contributed by atoms with Gasteiger partial charge in [-0.2, -0.15) is 0 Å². The number of nitrogens with zero attached hydrogens (tertiary/aromatic N) is 1. The van der Waals surface area contributed by atoms with Crippen molar-refractivity contribution in [2.45, 2.75) is 37.8 Å². The summed E-state index contributed by atoms with van der Waals surface area (Å²) < 4.78 is 0. The Balaban J connectivity index is 1.54. The number of aromatic nitrogens is 1. The third-order valence-corrected chi connectivity index (χ3v) is 4.54. The van der Waals surface area contributed by atoms with Gasteiger partial charge in [0.25, 0.3) is 5.91 Å². The number of benzene rings is 1. The van der Waals surface area contributed by atoms with Crippen molar-refractivity contribution in [3.63, 3.8) is 0 Å². The molecule has 1 aromatic carbocycles. The first-order valence-corrected chi connectivity index (χ1v) is 8.44. The van der Waals surface area contributed by atoms with E-state index in [1.807, 2.05) is 24.3 Å². The maximum Gasteiger partial charge on any atom is 0.257 e. The summed E-state index contributed by atoms with van der Waals surface area (Å²) in [5.41, 5.74) is 7.57. The number of rotatable bonds is 5. The minimum Gasteiger partial charge on any atom is -0.350 e. The van der Waals surface area contributed by atoms with E-state index in [1.54, 1.807) is 18.3 Å². The topological polar surface area (TPSA) is 97.1 Å². The van der Waals surface area contributed by atoms with E-state index < -0.39 is 5.54 Å². The fourth-order valence-corrected chi connectivity index (χ4v) is 3.00. The molecule has 0 spiro atoms. The van der Waals surface area contributed by atoms with Gasteiger partial charge in [-0.05, 0) is 42.7 Å². The maximum atomic E-state index is 12.2. The van der Waals surface area contributed by atoms with E-state index in [9.17, 15) is 9.59 Å². The molecule has 1 aliphatic rings. The first-order valence-electron chi connectivity index (χ1n) is 8.44. The molecule has 4 N–H and O–H groups in total. The zero-order chi connectivity index (χ0) is 17.7. The molecule has 0 atom stereocenters. The Kier molecular flexibility index (Phi) is 5.09. The van der Waals surface area contributed by atoms with Gasteiger partial charge in [0.05, 0.1) is 11.1 Å². The van der Waals surface area contributed by atoms with Gasteiger partial charge in [-0.3, -0.25) is 14.6 Å². The number of nitrogens with two attached hydrogens (primary N) is 1. The van der Waals surface area contributed by atoms with Crippen LogP contribution in [0.2, 0.25) is 0 Å². The van der Waals surface area contributed by atoms with E-state index in [1.165, 1.54) is 6.20 Å². The van der Waals surface area contributed by atoms with Crippen molar-refractivity contribution in [1.82, 2.24) is 10.3 Å². The van der Waals surface area contributed by atoms with E-state index in [0.29, 0.717) is 17.8 Å². The summed E-state index contributed by atoms with van der Waals surface area (Å²) in [5.74, 6) is -0.292. The van der Waals surface area contributed by atoms with Crippen molar-refractivity contribution in [2.75, 3.05) is 5.32 Å². The van der Waals surface area contributed by atoms with Crippen LogP contribution in [0.25, 0.3) is 0 Å². The van der Waals surface area contributed by atoms with Crippen LogP contribution < -0.4 is 16.4 Å². The Morgan fingerprint density at radius 1 is 1.12 bits per heavy atom. The highest BCUT2D eigenvalue weighted by molar-refractivity contribution is 6.04. The summed E-state index contributed by atoms with van der Waals surface area (Å²) in [7, 11) is 0. The van der Waals surface area contributed by atoms with Gasteiger partial charge in [-0.1, -0.05) is 25.0 Å². The minimum absolute atomic E-state index is 0.0843. The predicted molar refractivity (Wildman–Crippen MR) is 95.9 cm³/mol. The van der Waals surface area contributed by atoms with Gasteiger partial charge in [0.15, 0.2) is 0 Å². The molecule has 0 bridgehead atoms. The van der Waals surface area contributed by atoms with E-state index in [4.69, 9.17) is 5.73 Å². The van der Waals surface area contributed by atoms with Crippen LogP contribution in [0.4, 0.5) is 5.69 Å². The van der Waals surface area contributed by atoms with Gasteiger partial charge in [0.1, 0.15) is 0 Å². The van der Waals surface area contributed by atoms with Crippen LogP contribution in [0.5, 0.6) is 0 Å². The minimum atomic E-state index is -0.711. The number of carbonyl (C=O) groups is 2. The summed E-state index contributed by atoms with van der Waals surface area (Å²) in [6, 6.07) is 10.8. The molecule has 2 amide bonds. The Morgan fingerprint density at radius 2 is 1.84 bits per heavy atom. The van der Waals surface area contributed by atoms with E-state index in [-0.39, 0.29) is 11.8 Å². The summed E-state index contributed by atoms with van der Waals surface area (Å²) >= 11 is 0. The lowest BCUT2D eigenvalue weighted by molar-refractivity contribution is -0.126. The summed E-state index contributed by atoms with van der Waals surface area (Å²) in [6.45, 7) is 0.425. The molecule has 2 aromatic rings. The van der Waals surface area contributed by atoms with Crippen LogP contribution in [0, 0.1) is 0 Å². The lowest BCUT2D eigenvalue weighted by Crippen LogP contribution is -2.51. The SMILES string of the molecule is NC1(C(=O)NCc2ccc(NC(=O)c3cccnc3)cc2)CCCC1. The molecular weight excluding hydrogens is 316 g/mol. The first-order chi connectivity index (χ1) is 12.1. The lowest BCUT2D eigenvalue weighted by atomic mass is 9.98. The van der Waals surface area contributed by atoms with E-state index in [0.717, 1.165) is 31.2 Å². The number of hydrogen-bond donors (Lipinski definition) is 3. The molecule has 1 saturated carbocycles. The molecule has 0 radical (unpaired) electrons. The molecule has 0 aliphatic heterocycles. The van der Waals surface area contributed by atoms with Crippen LogP contribution in [0.3, 0.4) is 0 Å². The number of hydrogen-bond acceptors (Lipinski definition) is 4. The van der Waals surface area contributed by atoms with Crippen LogP contribution in [0.1, 0.15) is 41.6 Å². The highest BCUT2D eigenvalue weighted by Crippen LogP contribution is 2.27. The molecule has 6 nitrogen and oxygen atoms in total. The standard InChI is InChI=1S/C19H22N4O2/c20-19(9-1-2-10-19)18(25)22-12-14-5-7-16(8-6-14)23-17(24)15-4-3-11-21-13-15/h3-8,11,13H,1-2,9-10,12,20H2,(H,22,25)(H,23,24). The maximum absolute atomic E-state index is 12.2. The molecule has 1 aromatic heterocycles. The molecule has 1 fully saturated rings. The van der Waals surface area contributed by atoms with Gasteiger partial charge in [-0.25, -0.2) is 0 Å². The van der Waals surface area contributed by atoms with Gasteiger partial charge < -0.3 is 16.4 Å². The molecule has 6 heteroatoms. The van der Waals surface area contributed by atoms with Gasteiger partial charge in [0.2, 0.25) is 5.91 Å². The van der Waals surface area contributed by atoms with Crippen molar-refractivity contribution < 1.29 is 9.59 Å². The smallest absolute Gasteiger partial charge is 0.257 e. The molecule has 0 unspecified atom stereocenters. The average Bonchev–Trinajstić information content (AvgIpc) is 3.09. The Labute approximate surface area is 146 Å². The summed E-state index contributed by atoms with van der Waals surface area (Å²) in [6.07, 6.45) is 6.66. The average molecular weight is 338 g/mol. The number of amides is 2. The van der Waals surface area contributed by atoms with Crippen LogP contribution in [-0.4, -0.2) is 22.3 Å². The fraction of sp³-hybridized carbons (Fsp3) is 0.316. The summed E-state index contributed by atoms with van der Waals surface area (Å²) in [4.78, 5) is 28.2. The van der Waals surface area contributed by atoms with E-state index in [2.05, 4.69) is 15.6 Å². The normalized spacial score (nSPS) is 15.6. The van der Waals surface area contributed by atoms with Gasteiger partial charge in [-0.15, -0.1) is 0 Å². The van der Waals surface area contributed by atoms with Crippen LogP contribution >= 0.6 is 0 Å². The first kappa shape index (κ1) is 17.1. The third-order valence-electron chi connectivity index (χ3n) is 4.54. The van der Waals surface area contributed by atoms with Crippen molar-refractivity contribution in [3.05, 3.63) is 59.9 Å². The zero-order valence-corrected chi connectivity index (χ0v) is 14.0. The van der Waals surface area contributed by atoms with Gasteiger partial charge in [0, 0.05) is 24.6 Å². The Bertz CT molecular complexity index is 738. The predicted octanol–water partition coefficient (Wildman–Crippen LogP) is 2.22.